The first-order chi connectivity index (χ1) is 12.5. The molecular weight excluding hydrogens is 368 g/mol. The van der Waals surface area contributed by atoms with Gasteiger partial charge in [0.25, 0.3) is 5.91 Å². The number of nitrogens with zero attached hydrogens (tertiary/aromatic N) is 1. The Morgan fingerprint density at radius 3 is 2.58 bits per heavy atom. The minimum atomic E-state index is -3.50. The van der Waals surface area contributed by atoms with Gasteiger partial charge in [0.05, 0.1) is 4.90 Å². The van der Waals surface area contributed by atoms with E-state index in [1.165, 1.54) is 36.1 Å². The van der Waals surface area contributed by atoms with E-state index in [1.54, 1.807) is 12.1 Å². The Bertz CT molecular complexity index is 737. The lowest BCUT2D eigenvalue weighted by atomic mass is 10.1. The highest BCUT2D eigenvalue weighted by atomic mass is 32.2. The van der Waals surface area contributed by atoms with Crippen LogP contribution in [0.25, 0.3) is 0 Å². The third-order valence-corrected chi connectivity index (χ3v) is 8.48. The molecule has 5 nitrogen and oxygen atoms in total. The molecule has 1 saturated carbocycles. The van der Waals surface area contributed by atoms with Crippen LogP contribution in [0, 0.1) is 6.92 Å². The molecule has 7 heteroatoms. The van der Waals surface area contributed by atoms with Gasteiger partial charge >= 0.3 is 0 Å². The largest absolute Gasteiger partial charge is 0.351 e. The molecule has 0 bridgehead atoms. The van der Waals surface area contributed by atoms with E-state index in [-0.39, 0.29) is 10.8 Å². The van der Waals surface area contributed by atoms with Crippen molar-refractivity contribution in [1.82, 2.24) is 9.62 Å². The van der Waals surface area contributed by atoms with E-state index in [1.807, 2.05) is 18.7 Å². The molecule has 1 aromatic rings. The highest BCUT2D eigenvalue weighted by Gasteiger charge is 2.28. The Morgan fingerprint density at radius 2 is 1.88 bits per heavy atom. The van der Waals surface area contributed by atoms with Crippen molar-refractivity contribution >= 4 is 27.7 Å². The van der Waals surface area contributed by atoms with Gasteiger partial charge in [0.15, 0.2) is 0 Å². The second-order valence-electron chi connectivity index (χ2n) is 7.12. The normalized spacial score (nSPS) is 19.1. The number of sulfonamides is 1. The number of nitrogens with one attached hydrogen (secondary N) is 1. The van der Waals surface area contributed by atoms with Gasteiger partial charge in [-0.1, -0.05) is 18.9 Å². The second kappa shape index (κ2) is 8.76. The molecule has 2 aliphatic rings. The molecule has 0 spiro atoms. The van der Waals surface area contributed by atoms with Gasteiger partial charge in [-0.2, -0.15) is 16.1 Å². The van der Waals surface area contributed by atoms with Crippen molar-refractivity contribution < 1.29 is 13.2 Å². The zero-order valence-corrected chi connectivity index (χ0v) is 17.0. The molecule has 1 N–H and O–H groups in total. The fraction of sp³-hybridized carbons (Fsp3) is 0.632. The number of carbonyl (C=O) groups excluding carboxylic acids is 1. The van der Waals surface area contributed by atoms with Crippen molar-refractivity contribution in [2.24, 2.45) is 0 Å². The van der Waals surface area contributed by atoms with Gasteiger partial charge in [-0.3, -0.25) is 4.79 Å². The molecule has 1 aromatic carbocycles. The third kappa shape index (κ3) is 4.61. The summed E-state index contributed by atoms with van der Waals surface area (Å²) < 4.78 is 26.9. The van der Waals surface area contributed by atoms with Crippen LogP contribution in [0.1, 0.15) is 54.4 Å². The summed E-state index contributed by atoms with van der Waals surface area (Å²) in [6.45, 7) is 3.59. The van der Waals surface area contributed by atoms with Crippen molar-refractivity contribution in [2.75, 3.05) is 25.4 Å². The Hall–Kier alpha value is -1.05. The highest BCUT2D eigenvalue weighted by Crippen LogP contribution is 2.29. The van der Waals surface area contributed by atoms with Crippen molar-refractivity contribution in [1.29, 1.82) is 0 Å². The van der Waals surface area contributed by atoms with E-state index in [4.69, 9.17) is 0 Å². The monoisotopic (exact) mass is 396 g/mol. The van der Waals surface area contributed by atoms with Gasteiger partial charge in [0, 0.05) is 36.2 Å². The lowest BCUT2D eigenvalue weighted by Gasteiger charge is -2.17. The van der Waals surface area contributed by atoms with Gasteiger partial charge in [-0.15, -0.1) is 0 Å². The number of carbonyl (C=O) groups is 1. The lowest BCUT2D eigenvalue weighted by Crippen LogP contribution is -2.29. The highest BCUT2D eigenvalue weighted by molar-refractivity contribution is 7.99. The number of aryl methyl sites for hydroxylation is 1. The lowest BCUT2D eigenvalue weighted by molar-refractivity contribution is 0.0955. The van der Waals surface area contributed by atoms with Crippen LogP contribution in [0.3, 0.4) is 0 Å². The number of hydrogen-bond donors (Lipinski definition) is 1. The predicted molar refractivity (Wildman–Crippen MR) is 106 cm³/mol. The van der Waals surface area contributed by atoms with E-state index < -0.39 is 10.0 Å². The Kier molecular flexibility index (Phi) is 6.64. The van der Waals surface area contributed by atoms with Crippen LogP contribution in [0.4, 0.5) is 0 Å². The van der Waals surface area contributed by atoms with Crippen LogP contribution in [-0.2, 0) is 10.0 Å². The summed E-state index contributed by atoms with van der Waals surface area (Å²) in [7, 11) is -3.50. The number of hydrogen-bond acceptors (Lipinski definition) is 4. The molecule has 3 rings (SSSR count). The van der Waals surface area contributed by atoms with E-state index in [0.29, 0.717) is 25.2 Å². The molecule has 0 aromatic heterocycles. The van der Waals surface area contributed by atoms with Gasteiger partial charge in [-0.05, 0) is 50.3 Å². The quantitative estimate of drug-likeness (QED) is 0.719. The molecule has 1 aliphatic carbocycles. The van der Waals surface area contributed by atoms with Gasteiger partial charge < -0.3 is 5.32 Å². The number of amides is 1. The summed E-state index contributed by atoms with van der Waals surface area (Å²) in [5.41, 5.74) is 1.25. The number of benzene rings is 1. The third-order valence-electron chi connectivity index (χ3n) is 5.20. The molecule has 144 valence electrons. The number of rotatable bonds is 7. The maximum atomic E-state index is 12.7. The molecule has 0 radical (unpaired) electrons. The maximum absolute atomic E-state index is 12.7. The minimum Gasteiger partial charge on any atom is -0.351 e. The molecule has 0 atom stereocenters. The molecular formula is C19H28N2O3S2. The zero-order valence-electron chi connectivity index (χ0n) is 15.4. The van der Waals surface area contributed by atoms with Crippen LogP contribution < -0.4 is 5.32 Å². The summed E-state index contributed by atoms with van der Waals surface area (Å²) in [6, 6.07) is 4.86. The summed E-state index contributed by atoms with van der Waals surface area (Å²) in [5.74, 6) is 0.717. The van der Waals surface area contributed by atoms with Crippen molar-refractivity contribution in [3.05, 3.63) is 29.3 Å². The van der Waals surface area contributed by atoms with Crippen molar-refractivity contribution in [3.63, 3.8) is 0 Å². The fourth-order valence-electron chi connectivity index (χ4n) is 3.62. The van der Waals surface area contributed by atoms with Crippen LogP contribution in [0.15, 0.2) is 23.1 Å². The van der Waals surface area contributed by atoms with Crippen molar-refractivity contribution in [3.8, 4) is 0 Å². The van der Waals surface area contributed by atoms with E-state index >= 15 is 0 Å². The first-order valence-electron chi connectivity index (χ1n) is 9.49. The first-order valence-corrected chi connectivity index (χ1v) is 12.0. The van der Waals surface area contributed by atoms with Crippen LogP contribution in [0.5, 0.6) is 0 Å². The van der Waals surface area contributed by atoms with E-state index in [9.17, 15) is 13.2 Å². The molecule has 0 unspecified atom stereocenters. The summed E-state index contributed by atoms with van der Waals surface area (Å²) in [6.07, 6.45) is 7.01. The Morgan fingerprint density at radius 1 is 1.19 bits per heavy atom. The van der Waals surface area contributed by atoms with Crippen LogP contribution in [0.2, 0.25) is 0 Å². The van der Waals surface area contributed by atoms with Gasteiger partial charge in [-0.25, -0.2) is 8.42 Å². The number of thioether (sulfide) groups is 1. The van der Waals surface area contributed by atoms with Crippen molar-refractivity contribution in [2.45, 2.75) is 55.6 Å². The molecule has 2 fully saturated rings. The van der Waals surface area contributed by atoms with Crippen LogP contribution >= 0.6 is 11.8 Å². The minimum absolute atomic E-state index is 0.187. The first kappa shape index (κ1) is 19.7. The molecule has 26 heavy (non-hydrogen) atoms. The predicted octanol–water partition coefficient (Wildman–Crippen LogP) is 3.19. The average molecular weight is 397 g/mol. The maximum Gasteiger partial charge on any atom is 0.251 e. The summed E-state index contributed by atoms with van der Waals surface area (Å²) in [4.78, 5) is 12.8. The smallest absolute Gasteiger partial charge is 0.251 e. The summed E-state index contributed by atoms with van der Waals surface area (Å²) in [5, 5.41) is 3.68. The van der Waals surface area contributed by atoms with Crippen LogP contribution in [-0.4, -0.2) is 49.3 Å². The van der Waals surface area contributed by atoms with Gasteiger partial charge in [0.1, 0.15) is 0 Å². The molecule has 1 heterocycles. The van der Waals surface area contributed by atoms with E-state index in [2.05, 4.69) is 5.32 Å². The second-order valence-corrected chi connectivity index (χ2v) is 10.5. The molecule has 1 aliphatic heterocycles. The fourth-order valence-corrected chi connectivity index (χ4v) is 6.39. The summed E-state index contributed by atoms with van der Waals surface area (Å²) >= 11 is 1.93. The standard InChI is InChI=1S/C19H28N2O3S2/c1-15-8-9-17(26(23,24)21-11-4-5-12-21)14-18(15)19(22)20-10-13-25-16-6-2-3-7-16/h8-9,14,16H,2-7,10-13H2,1H3,(H,20,22). The average Bonchev–Trinajstić information content (AvgIpc) is 3.32. The molecule has 1 saturated heterocycles. The van der Waals surface area contributed by atoms with E-state index in [0.717, 1.165) is 29.4 Å². The Balaban J connectivity index is 1.62. The topological polar surface area (TPSA) is 66.5 Å². The van der Waals surface area contributed by atoms with Gasteiger partial charge in [0.2, 0.25) is 10.0 Å². The molecule has 1 amide bonds. The SMILES string of the molecule is Cc1ccc(S(=O)(=O)N2CCCC2)cc1C(=O)NCCSC1CCCC1. The zero-order chi connectivity index (χ0) is 18.6. The Labute approximate surface area is 161 Å².